The van der Waals surface area contributed by atoms with E-state index in [0.717, 1.165) is 42.1 Å². The van der Waals surface area contributed by atoms with Gasteiger partial charge in [-0.1, -0.05) is 43.8 Å². The molecule has 172 valence electrons. The SMILES string of the molecule is CC(C)c1ccc(-n2nnnc2SCC(=O)N2CCCC2c2ccc3c(c2)OCCO3)cc1. The van der Waals surface area contributed by atoms with Crippen molar-refractivity contribution in [1.82, 2.24) is 25.1 Å². The third-order valence-electron chi connectivity index (χ3n) is 6.09. The van der Waals surface area contributed by atoms with Crippen molar-refractivity contribution in [3.8, 4) is 17.2 Å². The number of hydrogen-bond donors (Lipinski definition) is 0. The first-order valence-corrected chi connectivity index (χ1v) is 12.3. The van der Waals surface area contributed by atoms with Gasteiger partial charge in [-0.3, -0.25) is 4.79 Å². The van der Waals surface area contributed by atoms with E-state index in [9.17, 15) is 4.79 Å². The van der Waals surface area contributed by atoms with Crippen LogP contribution in [-0.4, -0.2) is 56.5 Å². The number of carbonyl (C=O) groups is 1. The van der Waals surface area contributed by atoms with Crippen molar-refractivity contribution >= 4 is 17.7 Å². The van der Waals surface area contributed by atoms with Gasteiger partial charge < -0.3 is 14.4 Å². The van der Waals surface area contributed by atoms with Gasteiger partial charge in [-0.2, -0.15) is 4.68 Å². The molecule has 0 bridgehead atoms. The second-order valence-electron chi connectivity index (χ2n) is 8.56. The quantitative estimate of drug-likeness (QED) is 0.509. The van der Waals surface area contributed by atoms with E-state index in [4.69, 9.17) is 9.47 Å². The van der Waals surface area contributed by atoms with Crippen LogP contribution in [0.15, 0.2) is 47.6 Å². The molecule has 1 unspecified atom stereocenters. The fourth-order valence-electron chi connectivity index (χ4n) is 4.32. The predicted octanol–water partition coefficient (Wildman–Crippen LogP) is 4.01. The number of ether oxygens (including phenoxy) is 2. The molecule has 8 nitrogen and oxygen atoms in total. The van der Waals surface area contributed by atoms with Crippen LogP contribution in [0.1, 0.15) is 49.8 Å². The van der Waals surface area contributed by atoms with Crippen LogP contribution in [0.4, 0.5) is 0 Å². The molecular formula is C24H27N5O3S. The molecule has 1 aromatic heterocycles. The lowest BCUT2D eigenvalue weighted by atomic mass is 10.0. The summed E-state index contributed by atoms with van der Waals surface area (Å²) in [5, 5.41) is 12.7. The molecule has 1 fully saturated rings. The van der Waals surface area contributed by atoms with Gasteiger partial charge in [0.15, 0.2) is 11.5 Å². The molecular weight excluding hydrogens is 438 g/mol. The molecule has 0 spiro atoms. The molecule has 0 saturated carbocycles. The van der Waals surface area contributed by atoms with Gasteiger partial charge in [0.1, 0.15) is 13.2 Å². The molecule has 0 aliphatic carbocycles. The highest BCUT2D eigenvalue weighted by Crippen LogP contribution is 2.38. The van der Waals surface area contributed by atoms with Crippen LogP contribution in [-0.2, 0) is 4.79 Å². The first kappa shape index (κ1) is 21.8. The number of aromatic nitrogens is 4. The zero-order valence-electron chi connectivity index (χ0n) is 18.8. The van der Waals surface area contributed by atoms with Crippen LogP contribution in [0.2, 0.25) is 0 Å². The van der Waals surface area contributed by atoms with E-state index in [-0.39, 0.29) is 17.7 Å². The second kappa shape index (κ2) is 9.43. The molecule has 33 heavy (non-hydrogen) atoms. The van der Waals surface area contributed by atoms with Gasteiger partial charge in [0.25, 0.3) is 0 Å². The number of benzene rings is 2. The summed E-state index contributed by atoms with van der Waals surface area (Å²) in [6, 6.07) is 14.2. The number of tetrazole rings is 1. The number of carbonyl (C=O) groups excluding carboxylic acids is 1. The lowest BCUT2D eigenvalue weighted by Crippen LogP contribution is -2.32. The Morgan fingerprint density at radius 3 is 2.70 bits per heavy atom. The van der Waals surface area contributed by atoms with E-state index in [1.807, 2.05) is 35.2 Å². The first-order valence-electron chi connectivity index (χ1n) is 11.3. The van der Waals surface area contributed by atoms with Gasteiger partial charge in [-0.25, -0.2) is 0 Å². The molecule has 3 heterocycles. The highest BCUT2D eigenvalue weighted by Gasteiger charge is 2.31. The van der Waals surface area contributed by atoms with Crippen LogP contribution in [0.5, 0.6) is 11.5 Å². The summed E-state index contributed by atoms with van der Waals surface area (Å²) >= 11 is 1.37. The van der Waals surface area contributed by atoms with Gasteiger partial charge in [0.05, 0.1) is 17.5 Å². The highest BCUT2D eigenvalue weighted by molar-refractivity contribution is 7.99. The van der Waals surface area contributed by atoms with Gasteiger partial charge in [-0.15, -0.1) is 5.10 Å². The lowest BCUT2D eigenvalue weighted by molar-refractivity contribution is -0.129. The molecule has 3 aromatic rings. The lowest BCUT2D eigenvalue weighted by Gasteiger charge is -2.26. The van der Waals surface area contributed by atoms with Crippen molar-refractivity contribution in [2.45, 2.75) is 43.8 Å². The molecule has 2 aromatic carbocycles. The van der Waals surface area contributed by atoms with Crippen LogP contribution >= 0.6 is 11.8 Å². The molecule has 9 heteroatoms. The smallest absolute Gasteiger partial charge is 0.233 e. The summed E-state index contributed by atoms with van der Waals surface area (Å²) in [7, 11) is 0. The Bertz CT molecular complexity index is 1130. The third kappa shape index (κ3) is 4.55. The van der Waals surface area contributed by atoms with Crippen molar-refractivity contribution in [1.29, 1.82) is 0 Å². The zero-order valence-corrected chi connectivity index (χ0v) is 19.6. The molecule has 1 saturated heterocycles. The predicted molar refractivity (Wildman–Crippen MR) is 125 cm³/mol. The van der Waals surface area contributed by atoms with Crippen LogP contribution < -0.4 is 9.47 Å². The van der Waals surface area contributed by atoms with Gasteiger partial charge in [0, 0.05) is 6.54 Å². The average molecular weight is 466 g/mol. The Morgan fingerprint density at radius 1 is 1.12 bits per heavy atom. The molecule has 1 atom stereocenters. The number of likely N-dealkylation sites (tertiary alicyclic amines) is 1. The minimum absolute atomic E-state index is 0.0495. The maximum absolute atomic E-state index is 13.2. The molecule has 0 radical (unpaired) electrons. The summed E-state index contributed by atoms with van der Waals surface area (Å²) in [6.45, 7) is 6.19. The molecule has 0 N–H and O–H groups in total. The van der Waals surface area contributed by atoms with Crippen molar-refractivity contribution in [2.75, 3.05) is 25.5 Å². The first-order chi connectivity index (χ1) is 16.1. The Balaban J connectivity index is 1.26. The second-order valence-corrected chi connectivity index (χ2v) is 9.50. The maximum Gasteiger partial charge on any atom is 0.233 e. The fraction of sp³-hybridized carbons (Fsp3) is 0.417. The summed E-state index contributed by atoms with van der Waals surface area (Å²) in [5.41, 5.74) is 3.23. The Hall–Kier alpha value is -3.07. The maximum atomic E-state index is 13.2. The number of rotatable bonds is 6. The van der Waals surface area contributed by atoms with Crippen molar-refractivity contribution < 1.29 is 14.3 Å². The Kier molecular flexibility index (Phi) is 6.22. The average Bonchev–Trinajstić information content (AvgIpc) is 3.52. The summed E-state index contributed by atoms with van der Waals surface area (Å²) < 4.78 is 13.0. The zero-order chi connectivity index (χ0) is 22.8. The molecule has 1 amide bonds. The van der Waals surface area contributed by atoms with Gasteiger partial charge in [0.2, 0.25) is 11.1 Å². The minimum atomic E-state index is 0.0495. The number of fused-ring (bicyclic) bond motifs is 1. The molecule has 5 rings (SSSR count). The topological polar surface area (TPSA) is 82.4 Å². The van der Waals surface area contributed by atoms with Crippen molar-refractivity contribution in [3.05, 3.63) is 53.6 Å². The van der Waals surface area contributed by atoms with E-state index in [2.05, 4.69) is 41.5 Å². The highest BCUT2D eigenvalue weighted by atomic mass is 32.2. The van der Waals surface area contributed by atoms with Crippen LogP contribution in [0.25, 0.3) is 5.69 Å². The monoisotopic (exact) mass is 465 g/mol. The van der Waals surface area contributed by atoms with E-state index in [1.165, 1.54) is 17.3 Å². The van der Waals surface area contributed by atoms with Crippen LogP contribution in [0.3, 0.4) is 0 Å². The summed E-state index contributed by atoms with van der Waals surface area (Å²) in [6.07, 6.45) is 1.92. The van der Waals surface area contributed by atoms with Gasteiger partial charge >= 0.3 is 0 Å². The summed E-state index contributed by atoms with van der Waals surface area (Å²) in [5.74, 6) is 2.36. The van der Waals surface area contributed by atoms with Crippen molar-refractivity contribution in [2.24, 2.45) is 0 Å². The molecule has 2 aliphatic heterocycles. The Morgan fingerprint density at radius 2 is 1.91 bits per heavy atom. The number of thioether (sulfide) groups is 1. The van der Waals surface area contributed by atoms with E-state index in [0.29, 0.717) is 24.3 Å². The largest absolute Gasteiger partial charge is 0.486 e. The number of hydrogen-bond acceptors (Lipinski definition) is 7. The van der Waals surface area contributed by atoms with E-state index in [1.54, 1.807) is 4.68 Å². The summed E-state index contributed by atoms with van der Waals surface area (Å²) in [4.78, 5) is 15.1. The molecule has 2 aliphatic rings. The number of nitrogens with zero attached hydrogens (tertiary/aromatic N) is 5. The third-order valence-corrected chi connectivity index (χ3v) is 7.00. The fourth-order valence-corrected chi connectivity index (χ4v) is 5.10. The normalized spacial score (nSPS) is 17.5. The minimum Gasteiger partial charge on any atom is -0.486 e. The van der Waals surface area contributed by atoms with Crippen LogP contribution in [0, 0.1) is 0 Å². The van der Waals surface area contributed by atoms with E-state index < -0.39 is 0 Å². The van der Waals surface area contributed by atoms with Gasteiger partial charge in [-0.05, 0) is 64.6 Å². The number of amides is 1. The van der Waals surface area contributed by atoms with Crippen molar-refractivity contribution in [3.63, 3.8) is 0 Å². The Labute approximate surface area is 197 Å². The standard InChI is InChI=1S/C24H27N5O3S/c1-16(2)17-5-8-19(9-6-17)29-24(25-26-27-29)33-15-23(30)28-11-3-4-20(28)18-7-10-21-22(14-18)32-13-12-31-21/h5-10,14,16,20H,3-4,11-13,15H2,1-2H3. The van der Waals surface area contributed by atoms with E-state index >= 15 is 0 Å².